The van der Waals surface area contributed by atoms with E-state index in [2.05, 4.69) is 5.32 Å². The van der Waals surface area contributed by atoms with Crippen LogP contribution in [0.15, 0.2) is 18.2 Å². The predicted molar refractivity (Wildman–Crippen MR) is 69.4 cm³/mol. The molecule has 0 spiro atoms. The van der Waals surface area contributed by atoms with Gasteiger partial charge in [0.15, 0.2) is 0 Å². The highest BCUT2D eigenvalue weighted by molar-refractivity contribution is 5.94. The fraction of sp³-hybridized carbons (Fsp3) is 0.462. The Labute approximate surface area is 106 Å². The minimum atomic E-state index is -0.197. The Morgan fingerprint density at radius 3 is 3.11 bits per heavy atom. The van der Waals surface area contributed by atoms with Gasteiger partial charge in [-0.1, -0.05) is 6.07 Å². The van der Waals surface area contributed by atoms with E-state index in [0.717, 1.165) is 12.0 Å². The lowest BCUT2D eigenvalue weighted by molar-refractivity contribution is -0.122. The van der Waals surface area contributed by atoms with Crippen LogP contribution >= 0.6 is 0 Å². The number of carbonyl (C=O) groups is 1. The average Bonchev–Trinajstić information content (AvgIpc) is 2.83. The van der Waals surface area contributed by atoms with Crippen molar-refractivity contribution in [2.45, 2.75) is 19.4 Å². The highest BCUT2D eigenvalue weighted by Gasteiger charge is 2.17. The van der Waals surface area contributed by atoms with Crippen LogP contribution in [0.3, 0.4) is 0 Å². The first kappa shape index (κ1) is 12.9. The van der Waals surface area contributed by atoms with E-state index in [1.54, 1.807) is 6.07 Å². The normalized spacial score (nSPS) is 18.8. The molecule has 1 unspecified atom stereocenters. The fourth-order valence-corrected chi connectivity index (χ4v) is 1.82. The Morgan fingerprint density at radius 2 is 2.44 bits per heavy atom. The van der Waals surface area contributed by atoms with Gasteiger partial charge in [-0.05, 0) is 31.0 Å². The first-order valence-electron chi connectivity index (χ1n) is 6.00. The van der Waals surface area contributed by atoms with Gasteiger partial charge in [0.2, 0.25) is 5.91 Å². The molecule has 0 bridgehead atoms. The van der Waals surface area contributed by atoms with Crippen LogP contribution in [0.5, 0.6) is 0 Å². The number of nitrogens with two attached hydrogens (primary N) is 1. The lowest BCUT2D eigenvalue weighted by Gasteiger charge is -2.11. The van der Waals surface area contributed by atoms with E-state index in [4.69, 9.17) is 15.2 Å². The third-order valence-corrected chi connectivity index (χ3v) is 2.82. The summed E-state index contributed by atoms with van der Waals surface area (Å²) in [5, 5.41) is 2.73. The van der Waals surface area contributed by atoms with Crippen molar-refractivity contribution >= 4 is 17.3 Å². The fourth-order valence-electron chi connectivity index (χ4n) is 1.82. The van der Waals surface area contributed by atoms with Crippen LogP contribution in [0.4, 0.5) is 11.4 Å². The van der Waals surface area contributed by atoms with Crippen LogP contribution in [0, 0.1) is 6.92 Å². The molecule has 1 atom stereocenters. The summed E-state index contributed by atoms with van der Waals surface area (Å²) in [7, 11) is 0. The Hall–Kier alpha value is -1.59. The molecule has 1 aromatic rings. The van der Waals surface area contributed by atoms with Gasteiger partial charge >= 0.3 is 0 Å². The number of nitrogens with one attached hydrogen (secondary N) is 1. The van der Waals surface area contributed by atoms with E-state index in [0.29, 0.717) is 24.6 Å². The number of anilines is 2. The molecular weight excluding hydrogens is 232 g/mol. The van der Waals surface area contributed by atoms with Crippen molar-refractivity contribution < 1.29 is 14.3 Å². The zero-order chi connectivity index (χ0) is 13.0. The first-order valence-corrected chi connectivity index (χ1v) is 6.00. The minimum absolute atomic E-state index is 0.0291. The number of hydrogen-bond acceptors (Lipinski definition) is 4. The monoisotopic (exact) mass is 250 g/mol. The molecule has 5 heteroatoms. The summed E-state index contributed by atoms with van der Waals surface area (Å²) in [6.45, 7) is 3.25. The van der Waals surface area contributed by atoms with Gasteiger partial charge in [0.05, 0.1) is 24.1 Å². The van der Waals surface area contributed by atoms with Crippen LogP contribution in [-0.4, -0.2) is 31.8 Å². The largest absolute Gasteiger partial charge is 0.397 e. The molecule has 1 aromatic carbocycles. The predicted octanol–water partition coefficient (Wildman–Crippen LogP) is 1.32. The summed E-state index contributed by atoms with van der Waals surface area (Å²) >= 11 is 0. The van der Waals surface area contributed by atoms with Crippen LogP contribution in [0.2, 0.25) is 0 Å². The van der Waals surface area contributed by atoms with Crippen LogP contribution in [0.25, 0.3) is 0 Å². The van der Waals surface area contributed by atoms with Crippen molar-refractivity contribution in [2.24, 2.45) is 0 Å². The highest BCUT2D eigenvalue weighted by atomic mass is 16.5. The lowest BCUT2D eigenvalue weighted by Crippen LogP contribution is -2.23. The van der Waals surface area contributed by atoms with Crippen LogP contribution in [-0.2, 0) is 14.3 Å². The SMILES string of the molecule is Cc1ccc(NC(=O)COC2CCOC2)c(N)c1. The van der Waals surface area contributed by atoms with Gasteiger partial charge in [0, 0.05) is 6.61 Å². The van der Waals surface area contributed by atoms with E-state index < -0.39 is 0 Å². The first-order chi connectivity index (χ1) is 8.65. The number of benzene rings is 1. The molecule has 1 saturated heterocycles. The summed E-state index contributed by atoms with van der Waals surface area (Å²) in [4.78, 5) is 11.7. The highest BCUT2D eigenvalue weighted by Crippen LogP contribution is 2.19. The molecule has 0 aliphatic carbocycles. The maximum Gasteiger partial charge on any atom is 0.250 e. The number of ether oxygens (including phenoxy) is 2. The molecule has 1 fully saturated rings. The molecule has 1 aliphatic heterocycles. The Morgan fingerprint density at radius 1 is 1.61 bits per heavy atom. The summed E-state index contributed by atoms with van der Waals surface area (Å²) in [5.74, 6) is -0.197. The zero-order valence-electron chi connectivity index (χ0n) is 10.4. The topological polar surface area (TPSA) is 73.6 Å². The van der Waals surface area contributed by atoms with Gasteiger partial charge in [0.25, 0.3) is 0 Å². The number of carbonyl (C=O) groups excluding carboxylic acids is 1. The molecule has 1 aliphatic rings. The standard InChI is InChI=1S/C13H18N2O3/c1-9-2-3-12(11(14)6-9)15-13(16)8-18-10-4-5-17-7-10/h2-3,6,10H,4-5,7-8,14H2,1H3,(H,15,16). The molecule has 98 valence electrons. The molecule has 0 aromatic heterocycles. The summed E-state index contributed by atoms with van der Waals surface area (Å²) in [6.07, 6.45) is 0.881. The van der Waals surface area contributed by atoms with Crippen molar-refractivity contribution in [3.8, 4) is 0 Å². The van der Waals surface area contributed by atoms with Gasteiger partial charge in [-0.15, -0.1) is 0 Å². The second kappa shape index (κ2) is 5.84. The summed E-state index contributed by atoms with van der Waals surface area (Å²) in [5.41, 5.74) is 8.06. The number of amides is 1. The van der Waals surface area contributed by atoms with Gasteiger partial charge < -0.3 is 20.5 Å². The van der Waals surface area contributed by atoms with Crippen molar-refractivity contribution in [3.05, 3.63) is 23.8 Å². The van der Waals surface area contributed by atoms with E-state index in [-0.39, 0.29) is 18.6 Å². The van der Waals surface area contributed by atoms with E-state index in [1.807, 2.05) is 19.1 Å². The maximum absolute atomic E-state index is 11.7. The molecule has 3 N–H and O–H groups in total. The van der Waals surface area contributed by atoms with Crippen molar-refractivity contribution in [1.29, 1.82) is 0 Å². The Bertz CT molecular complexity index is 428. The molecular formula is C13H18N2O3. The van der Waals surface area contributed by atoms with Crippen molar-refractivity contribution in [3.63, 3.8) is 0 Å². The molecule has 18 heavy (non-hydrogen) atoms. The van der Waals surface area contributed by atoms with E-state index >= 15 is 0 Å². The van der Waals surface area contributed by atoms with Crippen molar-refractivity contribution in [2.75, 3.05) is 30.9 Å². The number of aryl methyl sites for hydroxylation is 1. The van der Waals surface area contributed by atoms with Gasteiger partial charge in [0.1, 0.15) is 6.61 Å². The quantitative estimate of drug-likeness (QED) is 0.790. The van der Waals surface area contributed by atoms with Gasteiger partial charge in [-0.25, -0.2) is 0 Å². The van der Waals surface area contributed by atoms with Gasteiger partial charge in [-0.3, -0.25) is 4.79 Å². The smallest absolute Gasteiger partial charge is 0.250 e. The van der Waals surface area contributed by atoms with E-state index in [1.165, 1.54) is 0 Å². The van der Waals surface area contributed by atoms with E-state index in [9.17, 15) is 4.79 Å². The number of rotatable bonds is 4. The summed E-state index contributed by atoms with van der Waals surface area (Å²) in [6, 6.07) is 5.51. The van der Waals surface area contributed by atoms with Crippen molar-refractivity contribution in [1.82, 2.24) is 0 Å². The molecule has 1 heterocycles. The third kappa shape index (κ3) is 3.45. The molecule has 5 nitrogen and oxygen atoms in total. The second-order valence-corrected chi connectivity index (χ2v) is 4.44. The average molecular weight is 250 g/mol. The molecule has 0 saturated carbocycles. The second-order valence-electron chi connectivity index (χ2n) is 4.44. The Balaban J connectivity index is 1.82. The zero-order valence-corrected chi connectivity index (χ0v) is 10.4. The minimum Gasteiger partial charge on any atom is -0.397 e. The molecule has 1 amide bonds. The number of nitrogen functional groups attached to an aromatic ring is 1. The van der Waals surface area contributed by atoms with Gasteiger partial charge in [-0.2, -0.15) is 0 Å². The Kier molecular flexibility index (Phi) is 4.17. The maximum atomic E-state index is 11.7. The third-order valence-electron chi connectivity index (χ3n) is 2.82. The molecule has 0 radical (unpaired) electrons. The summed E-state index contributed by atoms with van der Waals surface area (Å²) < 4.78 is 10.6. The molecule has 2 rings (SSSR count). The van der Waals surface area contributed by atoms with Crippen LogP contribution in [0.1, 0.15) is 12.0 Å². The lowest BCUT2D eigenvalue weighted by atomic mass is 10.2. The van der Waals surface area contributed by atoms with Crippen LogP contribution < -0.4 is 11.1 Å². The number of hydrogen-bond donors (Lipinski definition) is 2.